The number of hydrogen-bond acceptors (Lipinski definition) is 5. The molecule has 0 radical (unpaired) electrons. The van der Waals surface area contributed by atoms with Crippen LogP contribution in [0.2, 0.25) is 0 Å². The molecule has 0 aliphatic heterocycles. The molecule has 0 aromatic heterocycles. The maximum Gasteiger partial charge on any atom is 2.00 e. The maximum absolute atomic E-state index is 8.63. The summed E-state index contributed by atoms with van der Waals surface area (Å²) in [5.74, 6) is 0.322. The van der Waals surface area contributed by atoms with Gasteiger partial charge in [0.25, 0.3) is 0 Å². The molecular weight excluding hydrogens is 264 g/mol. The molecule has 1 aromatic carbocycles. The zero-order valence-corrected chi connectivity index (χ0v) is 8.54. The summed E-state index contributed by atoms with van der Waals surface area (Å²) >= 11 is 0. The zero-order valence-electron chi connectivity index (χ0n) is 6.33. The smallest absolute Gasteiger partial charge is 0.870 e. The van der Waals surface area contributed by atoms with Gasteiger partial charge in [0.05, 0.1) is 0 Å². The molecule has 5 nitrogen and oxygen atoms in total. The zero-order chi connectivity index (χ0) is 5.11. The Morgan fingerprint density at radius 2 is 1.00 bits per heavy atom. The van der Waals surface area contributed by atoms with E-state index in [1.807, 2.05) is 6.07 Å². The van der Waals surface area contributed by atoms with Crippen molar-refractivity contribution in [1.82, 2.24) is 0 Å². The summed E-state index contributed by atoms with van der Waals surface area (Å²) in [5, 5.41) is 8.63. The van der Waals surface area contributed by atoms with E-state index in [0.29, 0.717) is 5.75 Å². The van der Waals surface area contributed by atoms with Crippen LogP contribution in [0, 0.1) is 0 Å². The fraction of sp³-hybridized carbons (Fsp3) is 0. The number of phenols is 1. The molecule has 0 bridgehead atoms. The van der Waals surface area contributed by atoms with E-state index in [0.717, 1.165) is 0 Å². The van der Waals surface area contributed by atoms with Crippen LogP contribution in [-0.2, 0) is 34.1 Å². The van der Waals surface area contributed by atoms with Crippen LogP contribution >= 0.6 is 0 Å². The van der Waals surface area contributed by atoms with E-state index >= 15 is 0 Å². The molecule has 7 heteroatoms. The molecule has 13 heavy (non-hydrogen) atoms. The van der Waals surface area contributed by atoms with E-state index in [1.165, 1.54) is 0 Å². The summed E-state index contributed by atoms with van der Waals surface area (Å²) in [6, 6.07) is 8.71. The first-order valence-electron chi connectivity index (χ1n) is 2.13. The summed E-state index contributed by atoms with van der Waals surface area (Å²) in [5.41, 5.74) is 0. The third-order valence-electron chi connectivity index (χ3n) is 0.756. The quantitative estimate of drug-likeness (QED) is 0.692. The van der Waals surface area contributed by atoms with Crippen LogP contribution in [0.1, 0.15) is 0 Å². The fourth-order valence-corrected chi connectivity index (χ4v) is 0.428. The van der Waals surface area contributed by atoms with E-state index in [1.54, 1.807) is 24.3 Å². The van der Waals surface area contributed by atoms with Gasteiger partial charge in [-0.05, 0) is 12.1 Å². The van der Waals surface area contributed by atoms with Gasteiger partial charge < -0.3 is 27.0 Å². The molecule has 0 unspecified atom stereocenters. The van der Waals surface area contributed by atoms with Crippen molar-refractivity contribution in [3.63, 3.8) is 0 Å². The van der Waals surface area contributed by atoms with Crippen molar-refractivity contribution in [3.05, 3.63) is 30.3 Å². The summed E-state index contributed by atoms with van der Waals surface area (Å²) in [6.07, 6.45) is 0. The van der Waals surface area contributed by atoms with Crippen LogP contribution < -0.4 is 0 Å². The van der Waals surface area contributed by atoms with E-state index in [-0.39, 0.29) is 56.0 Å². The Labute approximate surface area is 97.3 Å². The first kappa shape index (κ1) is 38.4. The van der Waals surface area contributed by atoms with Crippen molar-refractivity contribution >= 4 is 0 Å². The Morgan fingerprint density at radius 1 is 0.692 bits per heavy atom. The van der Waals surface area contributed by atoms with Crippen molar-refractivity contribution in [2.75, 3.05) is 0 Å². The maximum atomic E-state index is 8.63. The van der Waals surface area contributed by atoms with Crippen LogP contribution in [0.5, 0.6) is 5.75 Å². The van der Waals surface area contributed by atoms with Gasteiger partial charge in [-0.25, -0.2) is 0 Å². The van der Waals surface area contributed by atoms with Gasteiger partial charge in [-0.1, -0.05) is 18.2 Å². The Bertz CT molecular complexity index is 149. The minimum Gasteiger partial charge on any atom is -0.870 e. The predicted molar refractivity (Wildman–Crippen MR) is 35.8 cm³/mol. The van der Waals surface area contributed by atoms with Gasteiger partial charge in [-0.3, -0.25) is 0 Å². The number of rotatable bonds is 0. The number of para-hydroxylation sites is 1. The Balaban J connectivity index is -0.0000000204. The molecule has 0 saturated carbocycles. The Morgan fingerprint density at radius 3 is 1.15 bits per heavy atom. The largest absolute Gasteiger partial charge is 2.00 e. The summed E-state index contributed by atoms with van der Waals surface area (Å²) in [4.78, 5) is 0. The first-order valence-corrected chi connectivity index (χ1v) is 2.13. The monoisotopic (exact) mass is 274 g/mol. The van der Waals surface area contributed by atoms with Gasteiger partial charge in [0.2, 0.25) is 0 Å². The number of hydrogen-bond donors (Lipinski definition) is 1. The van der Waals surface area contributed by atoms with E-state index < -0.39 is 0 Å². The van der Waals surface area contributed by atoms with Gasteiger partial charge in [-0.2, -0.15) is 0 Å². The molecule has 80 valence electrons. The Kier molecular flexibility index (Phi) is 66.9. The SMILES string of the molecule is Oc1ccccc1.[Fe+2].[Fe+2].[OH-].[OH-].[OH-].[OH-]. The van der Waals surface area contributed by atoms with Crippen LogP contribution in [0.15, 0.2) is 30.3 Å². The topological polar surface area (TPSA) is 140 Å². The molecule has 1 aromatic rings. The minimum absolute atomic E-state index is 0. The summed E-state index contributed by atoms with van der Waals surface area (Å²) in [6.45, 7) is 0. The second-order valence-electron chi connectivity index (χ2n) is 1.34. The summed E-state index contributed by atoms with van der Waals surface area (Å²) in [7, 11) is 0. The van der Waals surface area contributed by atoms with Crippen LogP contribution in [0.25, 0.3) is 0 Å². The van der Waals surface area contributed by atoms with Gasteiger partial charge in [-0.15, -0.1) is 0 Å². The molecule has 0 atom stereocenters. The number of phenolic OH excluding ortho intramolecular Hbond substituents is 1. The van der Waals surface area contributed by atoms with Crippen molar-refractivity contribution in [1.29, 1.82) is 0 Å². The minimum atomic E-state index is 0. The van der Waals surface area contributed by atoms with Gasteiger partial charge >= 0.3 is 34.1 Å². The molecule has 0 saturated heterocycles. The molecule has 0 spiro atoms. The second-order valence-corrected chi connectivity index (χ2v) is 1.34. The van der Waals surface area contributed by atoms with Gasteiger partial charge in [0, 0.05) is 0 Å². The third-order valence-corrected chi connectivity index (χ3v) is 0.756. The molecular formula is C6H10Fe2O5. The first-order chi connectivity index (χ1) is 3.39. The fourth-order valence-electron chi connectivity index (χ4n) is 0.428. The predicted octanol–water partition coefficient (Wildman–Crippen LogP) is 0.680. The average Bonchev–Trinajstić information content (AvgIpc) is 1.69. The second kappa shape index (κ2) is 22.7. The van der Waals surface area contributed by atoms with E-state index in [4.69, 9.17) is 5.11 Å². The van der Waals surface area contributed by atoms with Crippen LogP contribution in [-0.4, -0.2) is 27.0 Å². The van der Waals surface area contributed by atoms with Crippen LogP contribution in [0.3, 0.4) is 0 Å². The molecule has 0 amide bonds. The van der Waals surface area contributed by atoms with Crippen LogP contribution in [0.4, 0.5) is 0 Å². The van der Waals surface area contributed by atoms with Gasteiger partial charge in [0.15, 0.2) is 0 Å². The molecule has 0 heterocycles. The molecule has 1 rings (SSSR count). The molecule has 0 aliphatic rings. The standard InChI is InChI=1S/C6H6O.2Fe.4H2O/c7-6-4-2-1-3-5-6;;;;;;/h1-5,7H;;;4*1H2/q;2*+2;;;;/p-4. The van der Waals surface area contributed by atoms with Crippen molar-refractivity contribution in [2.24, 2.45) is 0 Å². The normalized spacial score (nSPS) is 4.62. The average molecular weight is 274 g/mol. The Hall–Kier alpha value is -0.101. The van der Waals surface area contributed by atoms with Crippen molar-refractivity contribution in [2.45, 2.75) is 0 Å². The molecule has 0 aliphatic carbocycles. The van der Waals surface area contributed by atoms with E-state index in [2.05, 4.69) is 0 Å². The summed E-state index contributed by atoms with van der Waals surface area (Å²) < 4.78 is 0. The van der Waals surface area contributed by atoms with Crippen molar-refractivity contribution < 1.29 is 61.1 Å². The van der Waals surface area contributed by atoms with E-state index in [9.17, 15) is 0 Å². The number of aromatic hydroxyl groups is 1. The molecule has 5 N–H and O–H groups in total. The third kappa shape index (κ3) is 18.7. The van der Waals surface area contributed by atoms with Gasteiger partial charge in [0.1, 0.15) is 5.75 Å². The molecule has 0 fully saturated rings. The number of benzene rings is 1. The van der Waals surface area contributed by atoms with Crippen molar-refractivity contribution in [3.8, 4) is 5.75 Å².